The number of anilines is 1. The maximum Gasteiger partial charge on any atom is 0.168 e. The summed E-state index contributed by atoms with van der Waals surface area (Å²) in [6.07, 6.45) is 6.66. The van der Waals surface area contributed by atoms with Crippen LogP contribution in [-0.4, -0.2) is 25.8 Å². The van der Waals surface area contributed by atoms with E-state index in [1.165, 1.54) is 18.9 Å². The van der Waals surface area contributed by atoms with Crippen molar-refractivity contribution in [2.24, 2.45) is 11.8 Å². The van der Waals surface area contributed by atoms with Crippen molar-refractivity contribution in [1.29, 1.82) is 0 Å². The van der Waals surface area contributed by atoms with Gasteiger partial charge < -0.3 is 5.32 Å². The third-order valence-corrected chi connectivity index (χ3v) is 9.91. The van der Waals surface area contributed by atoms with E-state index in [1.54, 1.807) is 4.68 Å². The van der Waals surface area contributed by atoms with Crippen molar-refractivity contribution in [2.75, 3.05) is 5.32 Å². The zero-order valence-corrected chi connectivity index (χ0v) is 25.1. The lowest BCUT2D eigenvalue weighted by Gasteiger charge is -2.42. The molecule has 3 fully saturated rings. The molecule has 3 aliphatic carbocycles. The van der Waals surface area contributed by atoms with E-state index in [2.05, 4.69) is 15.3 Å². The molecule has 3 aliphatic rings. The molecule has 0 spiro atoms. The minimum atomic E-state index is -1.09. The van der Waals surface area contributed by atoms with Crippen molar-refractivity contribution in [2.45, 2.75) is 43.7 Å². The largest absolute Gasteiger partial charge is 0.365 e. The Morgan fingerprint density at radius 1 is 0.696 bits per heavy atom. The number of nitrogens with one attached hydrogen (secondary N) is 1. The highest BCUT2D eigenvalue weighted by Crippen LogP contribution is 2.45. The van der Waals surface area contributed by atoms with Gasteiger partial charge in [0, 0.05) is 12.1 Å². The standard InChI is InChI=1S/C38H32F3N5/c39-29-21-30-34(35-31(40)22-32(41)36(44-35)43-33-20-24-16-18-25(33)19-17-24)45-46(37(30)42-23-29)38(26-10-4-1-5-11-26,27-12-6-2-7-13-27)28-14-8-3-9-15-28/h1-15,21-25,33H,16-20H2,(H,43,44). The molecular formula is C38H32F3N5. The molecular weight excluding hydrogens is 583 g/mol. The maximum absolute atomic E-state index is 15.9. The summed E-state index contributed by atoms with van der Waals surface area (Å²) in [5.74, 6) is -1.21. The average Bonchev–Trinajstić information content (AvgIpc) is 3.47. The number of fused-ring (bicyclic) bond motifs is 4. The van der Waals surface area contributed by atoms with E-state index in [-0.39, 0.29) is 28.6 Å². The van der Waals surface area contributed by atoms with Crippen LogP contribution < -0.4 is 5.32 Å². The van der Waals surface area contributed by atoms with Gasteiger partial charge in [-0.25, -0.2) is 27.8 Å². The van der Waals surface area contributed by atoms with Crippen molar-refractivity contribution in [3.63, 3.8) is 0 Å². The first kappa shape index (κ1) is 28.5. The van der Waals surface area contributed by atoms with Crippen LogP contribution in [0.25, 0.3) is 22.4 Å². The molecule has 3 aromatic carbocycles. The predicted molar refractivity (Wildman–Crippen MR) is 173 cm³/mol. The molecule has 0 saturated heterocycles. The van der Waals surface area contributed by atoms with Crippen molar-refractivity contribution in [3.8, 4) is 11.4 Å². The van der Waals surface area contributed by atoms with Gasteiger partial charge in [-0.1, -0.05) is 104 Å². The lowest BCUT2D eigenvalue weighted by Crippen LogP contribution is -2.40. The SMILES string of the molecule is Fc1cnc2c(c1)c(-c1nc(NC3CC4CCC3CC4)c(F)cc1F)nn2C(c1ccccc1)(c1ccccc1)c1ccccc1. The summed E-state index contributed by atoms with van der Waals surface area (Å²) in [5, 5.41) is 8.64. The lowest BCUT2D eigenvalue weighted by atomic mass is 9.68. The van der Waals surface area contributed by atoms with E-state index >= 15 is 8.78 Å². The van der Waals surface area contributed by atoms with Crippen LogP contribution in [0.5, 0.6) is 0 Å². The lowest BCUT2D eigenvalue weighted by molar-refractivity contribution is 0.157. The first-order valence-corrected chi connectivity index (χ1v) is 15.9. The zero-order chi connectivity index (χ0) is 31.3. The van der Waals surface area contributed by atoms with Crippen LogP contribution in [0.15, 0.2) is 109 Å². The molecule has 8 heteroatoms. The van der Waals surface area contributed by atoms with Crippen LogP contribution in [0, 0.1) is 29.3 Å². The van der Waals surface area contributed by atoms with E-state index < -0.39 is 23.0 Å². The molecule has 1 N–H and O–H groups in total. The fraction of sp³-hybridized carbons (Fsp3) is 0.237. The Balaban J connectivity index is 1.38. The predicted octanol–water partition coefficient (Wildman–Crippen LogP) is 8.74. The number of halogens is 3. The second kappa shape index (κ2) is 11.4. The summed E-state index contributed by atoms with van der Waals surface area (Å²) in [6, 6.07) is 31.8. The van der Waals surface area contributed by atoms with Crippen molar-refractivity contribution < 1.29 is 13.2 Å². The molecule has 0 radical (unpaired) electrons. The monoisotopic (exact) mass is 615 g/mol. The Bertz CT molecular complexity index is 1910. The van der Waals surface area contributed by atoms with Crippen LogP contribution in [0.1, 0.15) is 48.8 Å². The number of aromatic nitrogens is 4. The van der Waals surface area contributed by atoms with Gasteiger partial charge in [0.1, 0.15) is 22.7 Å². The van der Waals surface area contributed by atoms with E-state index in [0.717, 1.165) is 48.2 Å². The number of benzene rings is 3. The Morgan fingerprint density at radius 2 is 1.28 bits per heavy atom. The first-order chi connectivity index (χ1) is 22.5. The Kier molecular flexibility index (Phi) is 7.08. The topological polar surface area (TPSA) is 55.6 Å². The van der Waals surface area contributed by atoms with Crippen molar-refractivity contribution in [3.05, 3.63) is 143 Å². The van der Waals surface area contributed by atoms with Gasteiger partial charge in [-0.3, -0.25) is 0 Å². The summed E-state index contributed by atoms with van der Waals surface area (Å²) < 4.78 is 47.9. The number of nitrogens with zero attached hydrogens (tertiary/aromatic N) is 4. The first-order valence-electron chi connectivity index (χ1n) is 15.9. The van der Waals surface area contributed by atoms with Crippen LogP contribution in [-0.2, 0) is 5.54 Å². The van der Waals surface area contributed by atoms with Crippen molar-refractivity contribution in [1.82, 2.24) is 19.7 Å². The minimum Gasteiger partial charge on any atom is -0.365 e. The third-order valence-electron chi connectivity index (χ3n) is 9.91. The summed E-state index contributed by atoms with van der Waals surface area (Å²) in [6.45, 7) is 0. The smallest absolute Gasteiger partial charge is 0.168 e. The molecule has 5 nitrogen and oxygen atoms in total. The molecule has 6 aromatic rings. The average molecular weight is 616 g/mol. The van der Waals surface area contributed by atoms with Crippen LogP contribution in [0.4, 0.5) is 19.0 Å². The van der Waals surface area contributed by atoms with Gasteiger partial charge in [-0.15, -0.1) is 0 Å². The minimum absolute atomic E-state index is 0.0125. The Morgan fingerprint density at radius 3 is 1.83 bits per heavy atom. The quantitative estimate of drug-likeness (QED) is 0.183. The highest BCUT2D eigenvalue weighted by Gasteiger charge is 2.42. The van der Waals surface area contributed by atoms with Crippen molar-refractivity contribution >= 4 is 16.9 Å². The summed E-state index contributed by atoms with van der Waals surface area (Å²) >= 11 is 0. The van der Waals surface area contributed by atoms with Gasteiger partial charge in [-0.05, 0) is 53.9 Å². The fourth-order valence-corrected chi connectivity index (χ4v) is 7.75. The number of hydrogen-bond donors (Lipinski definition) is 1. The molecule has 9 rings (SSSR count). The van der Waals surface area contributed by atoms with Crippen LogP contribution >= 0.6 is 0 Å². The maximum atomic E-state index is 15.9. The molecule has 0 amide bonds. The van der Waals surface area contributed by atoms with Crippen LogP contribution in [0.3, 0.4) is 0 Å². The van der Waals surface area contributed by atoms with Gasteiger partial charge in [0.05, 0.1) is 11.6 Å². The highest BCUT2D eigenvalue weighted by molar-refractivity contribution is 5.91. The Hall–Kier alpha value is -4.98. The molecule has 3 heterocycles. The van der Waals surface area contributed by atoms with E-state index in [4.69, 9.17) is 5.10 Å². The normalized spacial score (nSPS) is 19.4. The van der Waals surface area contributed by atoms with Crippen LogP contribution in [0.2, 0.25) is 0 Å². The van der Waals surface area contributed by atoms with E-state index in [9.17, 15) is 4.39 Å². The fourth-order valence-electron chi connectivity index (χ4n) is 7.75. The number of pyridine rings is 2. The molecule has 230 valence electrons. The zero-order valence-electron chi connectivity index (χ0n) is 25.1. The summed E-state index contributed by atoms with van der Waals surface area (Å²) in [7, 11) is 0. The second-order valence-corrected chi connectivity index (χ2v) is 12.5. The second-order valence-electron chi connectivity index (χ2n) is 12.5. The Labute approximate surface area is 265 Å². The van der Waals surface area contributed by atoms with Gasteiger partial charge in [0.15, 0.2) is 23.1 Å². The molecule has 2 bridgehead atoms. The molecule has 1 unspecified atom stereocenters. The molecule has 46 heavy (non-hydrogen) atoms. The van der Waals surface area contributed by atoms with Gasteiger partial charge >= 0.3 is 0 Å². The van der Waals surface area contributed by atoms with E-state index in [1.807, 2.05) is 91.0 Å². The molecule has 3 aromatic heterocycles. The molecule has 0 aliphatic heterocycles. The van der Waals surface area contributed by atoms with Gasteiger partial charge in [-0.2, -0.15) is 5.10 Å². The number of hydrogen-bond acceptors (Lipinski definition) is 4. The van der Waals surface area contributed by atoms with Gasteiger partial charge in [0.25, 0.3) is 0 Å². The molecule has 3 saturated carbocycles. The third kappa shape index (κ3) is 4.66. The number of rotatable bonds is 7. The molecule has 1 atom stereocenters. The summed E-state index contributed by atoms with van der Waals surface area (Å²) in [4.78, 5) is 9.07. The van der Waals surface area contributed by atoms with E-state index in [0.29, 0.717) is 17.5 Å². The summed E-state index contributed by atoms with van der Waals surface area (Å²) in [5.41, 5.74) is 1.77. The van der Waals surface area contributed by atoms with Gasteiger partial charge in [0.2, 0.25) is 0 Å². The highest BCUT2D eigenvalue weighted by atomic mass is 19.1.